The highest BCUT2D eigenvalue weighted by Crippen LogP contribution is 2.30. The average Bonchev–Trinajstić information content (AvgIpc) is 3.07. The number of sulfonamides is 1. The summed E-state index contributed by atoms with van der Waals surface area (Å²) >= 11 is 5.90. The molecule has 0 saturated carbocycles. The Balaban J connectivity index is 1.51. The summed E-state index contributed by atoms with van der Waals surface area (Å²) in [6.45, 7) is 1.55. The summed E-state index contributed by atoms with van der Waals surface area (Å²) in [4.78, 5) is 15.7. The van der Waals surface area contributed by atoms with Gasteiger partial charge in [-0.05, 0) is 49.4 Å². The number of ether oxygens (including phenoxy) is 1. The van der Waals surface area contributed by atoms with Gasteiger partial charge in [0, 0.05) is 10.6 Å². The van der Waals surface area contributed by atoms with Crippen LogP contribution in [0.4, 0.5) is 5.69 Å². The van der Waals surface area contributed by atoms with Gasteiger partial charge in [0.15, 0.2) is 12.4 Å². The van der Waals surface area contributed by atoms with Gasteiger partial charge in [0.1, 0.15) is 5.75 Å². The number of rotatable bonds is 5. The van der Waals surface area contributed by atoms with Gasteiger partial charge in [0.05, 0.1) is 22.8 Å². The van der Waals surface area contributed by atoms with Gasteiger partial charge in [-0.2, -0.15) is 0 Å². The standard InChI is InChI=1S/C19H16ClN3O5S/c1-11-19(12-2-4-13(20)5-3-12)28-18(22-11)9-21-29(25,26)14-6-7-16-15(8-14)23-17(24)10-27-16/h2-8,21H,9-10H2,1H3,(H,23,24). The number of benzene rings is 2. The molecule has 150 valence electrons. The van der Waals surface area contributed by atoms with Crippen LogP contribution in [0.2, 0.25) is 5.02 Å². The number of aromatic nitrogens is 1. The molecule has 0 bridgehead atoms. The van der Waals surface area contributed by atoms with E-state index in [9.17, 15) is 13.2 Å². The molecule has 10 heteroatoms. The zero-order valence-electron chi connectivity index (χ0n) is 15.2. The molecule has 0 spiro atoms. The molecule has 1 aliphatic heterocycles. The first-order valence-corrected chi connectivity index (χ1v) is 10.5. The maximum atomic E-state index is 12.6. The van der Waals surface area contributed by atoms with E-state index in [1.54, 1.807) is 31.2 Å². The molecule has 0 aliphatic carbocycles. The van der Waals surface area contributed by atoms with E-state index in [0.717, 1.165) is 5.56 Å². The van der Waals surface area contributed by atoms with Gasteiger partial charge in [0.2, 0.25) is 15.9 Å². The van der Waals surface area contributed by atoms with Crippen molar-refractivity contribution in [2.75, 3.05) is 11.9 Å². The molecule has 2 heterocycles. The first-order chi connectivity index (χ1) is 13.8. The van der Waals surface area contributed by atoms with Crippen molar-refractivity contribution >= 4 is 33.2 Å². The molecule has 3 aromatic rings. The predicted molar refractivity (Wildman–Crippen MR) is 106 cm³/mol. The van der Waals surface area contributed by atoms with E-state index in [2.05, 4.69) is 15.0 Å². The summed E-state index contributed by atoms with van der Waals surface area (Å²) in [7, 11) is -3.86. The quantitative estimate of drug-likeness (QED) is 0.639. The van der Waals surface area contributed by atoms with Crippen LogP contribution < -0.4 is 14.8 Å². The molecule has 0 radical (unpaired) electrons. The SMILES string of the molecule is Cc1nc(CNS(=O)(=O)c2ccc3c(c2)NC(=O)CO3)oc1-c1ccc(Cl)cc1. The Morgan fingerprint density at radius 3 is 2.72 bits per heavy atom. The normalized spacial score (nSPS) is 13.5. The maximum Gasteiger partial charge on any atom is 0.262 e. The minimum atomic E-state index is -3.86. The Kier molecular flexibility index (Phi) is 5.03. The molecular weight excluding hydrogens is 418 g/mol. The Morgan fingerprint density at radius 2 is 1.97 bits per heavy atom. The molecule has 4 rings (SSSR count). The van der Waals surface area contributed by atoms with Crippen molar-refractivity contribution in [1.29, 1.82) is 0 Å². The Labute approximate surface area is 171 Å². The molecule has 0 fully saturated rings. The van der Waals surface area contributed by atoms with Gasteiger partial charge >= 0.3 is 0 Å². The third-order valence-electron chi connectivity index (χ3n) is 4.25. The number of amides is 1. The number of fused-ring (bicyclic) bond motifs is 1. The number of nitrogens with zero attached hydrogens (tertiary/aromatic N) is 1. The molecule has 0 atom stereocenters. The third-order valence-corrected chi connectivity index (χ3v) is 5.91. The third kappa shape index (κ3) is 4.12. The monoisotopic (exact) mass is 433 g/mol. The lowest BCUT2D eigenvalue weighted by Gasteiger charge is -2.18. The van der Waals surface area contributed by atoms with Crippen molar-refractivity contribution in [3.8, 4) is 17.1 Å². The van der Waals surface area contributed by atoms with Crippen molar-refractivity contribution < 1.29 is 22.4 Å². The highest BCUT2D eigenvalue weighted by atomic mass is 35.5. The molecule has 1 amide bonds. The molecule has 8 nitrogen and oxygen atoms in total. The van der Waals surface area contributed by atoms with Crippen LogP contribution >= 0.6 is 11.6 Å². The lowest BCUT2D eigenvalue weighted by molar-refractivity contribution is -0.118. The van der Waals surface area contributed by atoms with Gasteiger partial charge in [-0.1, -0.05) is 11.6 Å². The second-order valence-corrected chi connectivity index (χ2v) is 8.55. The van der Waals surface area contributed by atoms with Crippen LogP contribution in [0.5, 0.6) is 5.75 Å². The van der Waals surface area contributed by atoms with E-state index >= 15 is 0 Å². The number of hydrogen-bond acceptors (Lipinski definition) is 6. The molecule has 1 aliphatic rings. The summed E-state index contributed by atoms with van der Waals surface area (Å²) in [5.74, 6) is 0.847. The van der Waals surface area contributed by atoms with Crippen molar-refractivity contribution in [3.63, 3.8) is 0 Å². The first-order valence-electron chi connectivity index (χ1n) is 8.60. The van der Waals surface area contributed by atoms with Crippen molar-refractivity contribution in [2.24, 2.45) is 0 Å². The number of oxazole rings is 1. The lowest BCUT2D eigenvalue weighted by atomic mass is 10.1. The molecule has 1 aromatic heterocycles. The lowest BCUT2D eigenvalue weighted by Crippen LogP contribution is -2.27. The van der Waals surface area contributed by atoms with Crippen LogP contribution in [-0.2, 0) is 21.4 Å². The molecule has 2 aromatic carbocycles. The highest BCUT2D eigenvalue weighted by Gasteiger charge is 2.22. The summed E-state index contributed by atoms with van der Waals surface area (Å²) in [5.41, 5.74) is 1.73. The van der Waals surface area contributed by atoms with Crippen molar-refractivity contribution in [2.45, 2.75) is 18.4 Å². The molecule has 0 saturated heterocycles. The zero-order valence-corrected chi connectivity index (χ0v) is 16.8. The minimum Gasteiger partial charge on any atom is -0.482 e. The fourth-order valence-corrected chi connectivity index (χ4v) is 3.99. The average molecular weight is 434 g/mol. The van der Waals surface area contributed by atoms with E-state index in [1.807, 2.05) is 0 Å². The summed E-state index contributed by atoms with van der Waals surface area (Å²) in [5, 5.41) is 3.18. The van der Waals surface area contributed by atoms with Gasteiger partial charge in [-0.15, -0.1) is 0 Å². The van der Waals surface area contributed by atoms with Crippen LogP contribution in [0.15, 0.2) is 51.8 Å². The number of halogens is 1. The molecule has 29 heavy (non-hydrogen) atoms. The van der Waals surface area contributed by atoms with Crippen molar-refractivity contribution in [1.82, 2.24) is 9.71 Å². The fraction of sp³-hybridized carbons (Fsp3) is 0.158. The summed E-state index contributed by atoms with van der Waals surface area (Å²) in [6, 6.07) is 11.3. The van der Waals surface area contributed by atoms with Crippen LogP contribution in [0.1, 0.15) is 11.6 Å². The van der Waals surface area contributed by atoms with Crippen LogP contribution in [0.25, 0.3) is 11.3 Å². The van der Waals surface area contributed by atoms with Gasteiger partial charge in [-0.25, -0.2) is 18.1 Å². The number of aryl methyl sites for hydroxylation is 1. The Morgan fingerprint density at radius 1 is 1.21 bits per heavy atom. The van der Waals surface area contributed by atoms with Gasteiger partial charge in [-0.3, -0.25) is 4.79 Å². The topological polar surface area (TPSA) is 111 Å². The van der Waals surface area contributed by atoms with Crippen LogP contribution in [0, 0.1) is 6.92 Å². The van der Waals surface area contributed by atoms with E-state index in [1.165, 1.54) is 18.2 Å². The smallest absolute Gasteiger partial charge is 0.262 e. The van der Waals surface area contributed by atoms with E-state index in [0.29, 0.717) is 27.9 Å². The number of anilines is 1. The Bertz CT molecular complexity index is 1190. The first kappa shape index (κ1) is 19.4. The summed E-state index contributed by atoms with van der Waals surface area (Å²) in [6.07, 6.45) is 0. The zero-order chi connectivity index (χ0) is 20.6. The van der Waals surface area contributed by atoms with Gasteiger partial charge in [0.25, 0.3) is 5.91 Å². The second kappa shape index (κ2) is 7.51. The summed E-state index contributed by atoms with van der Waals surface area (Å²) < 4.78 is 38.7. The Hall–Kier alpha value is -2.88. The molecule has 2 N–H and O–H groups in total. The number of nitrogens with one attached hydrogen (secondary N) is 2. The highest BCUT2D eigenvalue weighted by molar-refractivity contribution is 7.89. The van der Waals surface area contributed by atoms with Crippen LogP contribution in [0.3, 0.4) is 0 Å². The second-order valence-electron chi connectivity index (χ2n) is 6.35. The van der Waals surface area contributed by atoms with E-state index in [-0.39, 0.29) is 29.8 Å². The van der Waals surface area contributed by atoms with E-state index in [4.69, 9.17) is 20.8 Å². The number of carbonyl (C=O) groups excluding carboxylic acids is 1. The minimum absolute atomic E-state index is 0.0109. The predicted octanol–water partition coefficient (Wildman–Crippen LogP) is 3.11. The largest absolute Gasteiger partial charge is 0.482 e. The number of carbonyl (C=O) groups is 1. The van der Waals surface area contributed by atoms with Crippen LogP contribution in [-0.4, -0.2) is 25.9 Å². The molecule has 0 unspecified atom stereocenters. The van der Waals surface area contributed by atoms with Crippen molar-refractivity contribution in [3.05, 3.63) is 59.1 Å². The molecular formula is C19H16ClN3O5S. The fourth-order valence-electron chi connectivity index (χ4n) is 2.87. The number of hydrogen-bond donors (Lipinski definition) is 2. The van der Waals surface area contributed by atoms with E-state index < -0.39 is 10.0 Å². The maximum absolute atomic E-state index is 12.6. The van der Waals surface area contributed by atoms with Gasteiger partial charge < -0.3 is 14.5 Å².